The number of carbonyl (C=O) groups excluding carboxylic acids is 2. The minimum atomic E-state index is -1.76. The van der Waals surface area contributed by atoms with Gasteiger partial charge in [0.2, 0.25) is 5.91 Å². The van der Waals surface area contributed by atoms with Gasteiger partial charge in [0.15, 0.2) is 0 Å². The Balaban J connectivity index is 1.80. The van der Waals surface area contributed by atoms with E-state index in [4.69, 9.17) is 4.42 Å². The molecule has 2 aromatic carbocycles. The third-order valence-electron chi connectivity index (χ3n) is 5.15. The first-order valence-electron chi connectivity index (χ1n) is 9.71. The van der Waals surface area contributed by atoms with Crippen LogP contribution in [0.15, 0.2) is 59.2 Å². The van der Waals surface area contributed by atoms with Crippen LogP contribution in [-0.2, 0) is 11.2 Å². The van der Waals surface area contributed by atoms with Crippen molar-refractivity contribution in [2.45, 2.75) is 25.2 Å². The van der Waals surface area contributed by atoms with Crippen LogP contribution < -0.4 is 5.32 Å². The molecule has 3 aromatic rings. The van der Waals surface area contributed by atoms with Gasteiger partial charge in [-0.15, -0.1) is 0 Å². The number of benzene rings is 2. The molecule has 0 saturated heterocycles. The van der Waals surface area contributed by atoms with Gasteiger partial charge in [0.1, 0.15) is 5.58 Å². The van der Waals surface area contributed by atoms with Crippen molar-refractivity contribution in [1.82, 2.24) is 10.2 Å². The maximum Gasteiger partial charge on any atom is 0.475 e. The van der Waals surface area contributed by atoms with Gasteiger partial charge in [-0.1, -0.05) is 36.4 Å². The minimum absolute atomic E-state index is 0.186. The average molecular weight is 408 g/mol. The van der Waals surface area contributed by atoms with E-state index < -0.39 is 24.9 Å². The number of rotatable bonds is 7. The Morgan fingerprint density at radius 3 is 2.47 bits per heavy atom. The Bertz CT molecular complexity index is 1050. The second kappa shape index (κ2) is 9.15. The minimum Gasteiger partial charge on any atom is -0.464 e. The Hall–Kier alpha value is -3.10. The number of nitrogens with one attached hydrogen (secondary N) is 1. The van der Waals surface area contributed by atoms with Gasteiger partial charge in [-0.2, -0.15) is 0 Å². The zero-order valence-corrected chi connectivity index (χ0v) is 17.2. The molecule has 1 aromatic heterocycles. The van der Waals surface area contributed by atoms with Crippen LogP contribution in [0.1, 0.15) is 34.3 Å². The number of furan rings is 1. The fraction of sp³-hybridized carbons (Fsp3) is 0.273. The summed E-state index contributed by atoms with van der Waals surface area (Å²) in [5, 5.41) is 23.3. The van der Waals surface area contributed by atoms with Crippen molar-refractivity contribution in [2.75, 3.05) is 14.1 Å². The maximum atomic E-state index is 12.9. The standard InChI is InChI=1S/C22H25BN2O5/c1-14(16-8-4-5-10-18(16)22(27)25(2)3)21(26)24-20(23(28)29)12-15-13-30-19-11-7-6-9-17(15)19/h4-11,13-14,20,28-29H,12H2,1-3H3,(H,24,26). The quantitative estimate of drug-likeness (QED) is 0.519. The highest BCUT2D eigenvalue weighted by Crippen LogP contribution is 2.24. The average Bonchev–Trinajstić information content (AvgIpc) is 3.14. The summed E-state index contributed by atoms with van der Waals surface area (Å²) in [4.78, 5) is 26.8. The van der Waals surface area contributed by atoms with Crippen LogP contribution in [0.4, 0.5) is 0 Å². The van der Waals surface area contributed by atoms with E-state index in [1.165, 1.54) is 4.90 Å². The van der Waals surface area contributed by atoms with Crippen molar-refractivity contribution in [3.63, 3.8) is 0 Å². The van der Waals surface area contributed by atoms with E-state index in [0.29, 0.717) is 16.7 Å². The monoisotopic (exact) mass is 408 g/mol. The molecule has 156 valence electrons. The summed E-state index contributed by atoms with van der Waals surface area (Å²) in [6, 6.07) is 14.3. The fourth-order valence-electron chi connectivity index (χ4n) is 3.42. The molecule has 0 aliphatic heterocycles. The Morgan fingerprint density at radius 2 is 1.77 bits per heavy atom. The molecule has 1 heterocycles. The Labute approximate surface area is 175 Å². The topological polar surface area (TPSA) is 103 Å². The maximum absolute atomic E-state index is 12.9. The van der Waals surface area contributed by atoms with Crippen molar-refractivity contribution >= 4 is 29.9 Å². The van der Waals surface area contributed by atoms with Crippen LogP contribution in [0.25, 0.3) is 11.0 Å². The highest BCUT2D eigenvalue weighted by atomic mass is 16.4. The van der Waals surface area contributed by atoms with Gasteiger partial charge in [0, 0.05) is 25.0 Å². The highest BCUT2D eigenvalue weighted by Gasteiger charge is 2.30. The van der Waals surface area contributed by atoms with Crippen LogP contribution in [0.5, 0.6) is 0 Å². The molecule has 8 heteroatoms. The van der Waals surface area contributed by atoms with Gasteiger partial charge in [-0.05, 0) is 36.6 Å². The molecular formula is C22H25BN2O5. The summed E-state index contributed by atoms with van der Waals surface area (Å²) in [5.74, 6) is -2.20. The molecular weight excluding hydrogens is 383 g/mol. The number of hydrogen-bond donors (Lipinski definition) is 3. The highest BCUT2D eigenvalue weighted by molar-refractivity contribution is 6.43. The second-order valence-electron chi connectivity index (χ2n) is 7.50. The Kier molecular flexibility index (Phi) is 6.59. The number of hydrogen-bond acceptors (Lipinski definition) is 5. The summed E-state index contributed by atoms with van der Waals surface area (Å²) in [5.41, 5.74) is 2.47. The summed E-state index contributed by atoms with van der Waals surface area (Å²) in [7, 11) is 1.54. The van der Waals surface area contributed by atoms with Gasteiger partial charge in [0.05, 0.1) is 18.1 Å². The second-order valence-corrected chi connectivity index (χ2v) is 7.50. The van der Waals surface area contributed by atoms with Crippen LogP contribution >= 0.6 is 0 Å². The fourth-order valence-corrected chi connectivity index (χ4v) is 3.42. The molecule has 0 saturated carbocycles. The van der Waals surface area contributed by atoms with Gasteiger partial charge >= 0.3 is 7.12 Å². The molecule has 0 aliphatic carbocycles. The lowest BCUT2D eigenvalue weighted by Gasteiger charge is -2.22. The zero-order chi connectivity index (χ0) is 21.8. The molecule has 0 spiro atoms. The van der Waals surface area contributed by atoms with Crippen molar-refractivity contribution in [3.05, 3.63) is 71.5 Å². The summed E-state index contributed by atoms with van der Waals surface area (Å²) in [6.45, 7) is 1.69. The lowest BCUT2D eigenvalue weighted by atomic mass is 9.75. The molecule has 2 amide bonds. The first-order valence-corrected chi connectivity index (χ1v) is 9.71. The van der Waals surface area contributed by atoms with E-state index in [0.717, 1.165) is 10.9 Å². The van der Waals surface area contributed by atoms with Gasteiger partial charge in [-0.25, -0.2) is 0 Å². The summed E-state index contributed by atoms with van der Waals surface area (Å²) in [6.07, 6.45) is 1.74. The number of fused-ring (bicyclic) bond motifs is 1. The van der Waals surface area contributed by atoms with E-state index in [2.05, 4.69) is 5.32 Å². The van der Waals surface area contributed by atoms with Gasteiger partial charge in [-0.3, -0.25) is 9.59 Å². The first kappa shape index (κ1) is 21.6. The van der Waals surface area contributed by atoms with Crippen molar-refractivity contribution in [2.24, 2.45) is 0 Å². The molecule has 2 unspecified atom stereocenters. The largest absolute Gasteiger partial charge is 0.475 e. The van der Waals surface area contributed by atoms with E-state index in [9.17, 15) is 19.6 Å². The first-order chi connectivity index (χ1) is 14.3. The predicted octanol–water partition coefficient (Wildman–Crippen LogP) is 1.98. The van der Waals surface area contributed by atoms with Crippen LogP contribution in [-0.4, -0.2) is 53.9 Å². The van der Waals surface area contributed by atoms with Crippen molar-refractivity contribution in [3.8, 4) is 0 Å². The molecule has 3 N–H and O–H groups in total. The molecule has 0 aliphatic rings. The number of para-hydroxylation sites is 1. The number of carbonyl (C=O) groups is 2. The summed E-state index contributed by atoms with van der Waals surface area (Å²) < 4.78 is 5.50. The third kappa shape index (κ3) is 4.55. The SMILES string of the molecule is CC(C(=O)NC(Cc1coc2ccccc12)B(O)O)c1ccccc1C(=O)N(C)C. The lowest BCUT2D eigenvalue weighted by molar-refractivity contribution is -0.122. The molecule has 7 nitrogen and oxygen atoms in total. The third-order valence-corrected chi connectivity index (χ3v) is 5.15. The van der Waals surface area contributed by atoms with Crippen LogP contribution in [0.3, 0.4) is 0 Å². The van der Waals surface area contributed by atoms with E-state index >= 15 is 0 Å². The number of nitrogens with zero attached hydrogens (tertiary/aromatic N) is 1. The van der Waals surface area contributed by atoms with Gasteiger partial charge < -0.3 is 24.7 Å². The van der Waals surface area contributed by atoms with E-state index in [-0.39, 0.29) is 12.3 Å². The number of amides is 2. The van der Waals surface area contributed by atoms with Crippen molar-refractivity contribution < 1.29 is 24.1 Å². The molecule has 30 heavy (non-hydrogen) atoms. The smallest absolute Gasteiger partial charge is 0.464 e. The molecule has 0 fully saturated rings. The molecule has 0 bridgehead atoms. The summed E-state index contributed by atoms with van der Waals surface area (Å²) >= 11 is 0. The lowest BCUT2D eigenvalue weighted by Crippen LogP contribution is -2.49. The molecule has 2 atom stereocenters. The van der Waals surface area contributed by atoms with Gasteiger partial charge in [0.25, 0.3) is 5.91 Å². The van der Waals surface area contributed by atoms with Crippen molar-refractivity contribution in [1.29, 1.82) is 0 Å². The van der Waals surface area contributed by atoms with Crippen LogP contribution in [0, 0.1) is 0 Å². The molecule has 3 rings (SSSR count). The predicted molar refractivity (Wildman–Crippen MR) is 115 cm³/mol. The molecule has 0 radical (unpaired) electrons. The van der Waals surface area contributed by atoms with E-state index in [1.807, 2.05) is 24.3 Å². The normalized spacial score (nSPS) is 13.0. The Morgan fingerprint density at radius 1 is 1.10 bits per heavy atom. The van der Waals surface area contributed by atoms with Crippen LogP contribution in [0.2, 0.25) is 0 Å². The zero-order valence-electron chi connectivity index (χ0n) is 17.2. The van der Waals surface area contributed by atoms with E-state index in [1.54, 1.807) is 51.5 Å².